The Hall–Kier alpha value is -0.170. The molecule has 0 aromatic rings. The van der Waals surface area contributed by atoms with Crippen molar-refractivity contribution in [2.45, 2.75) is 33.1 Å². The molecule has 0 radical (unpaired) electrons. The summed E-state index contributed by atoms with van der Waals surface area (Å²) in [5, 5.41) is 3.19. The van der Waals surface area contributed by atoms with Crippen molar-refractivity contribution in [3.8, 4) is 0 Å². The van der Waals surface area contributed by atoms with Crippen molar-refractivity contribution in [1.82, 2.24) is 13.9 Å². The first-order valence-electron chi connectivity index (χ1n) is 7.00. The molecule has 0 saturated carbocycles. The third-order valence-electron chi connectivity index (χ3n) is 4.63. The molecule has 6 heteroatoms. The quantitative estimate of drug-likeness (QED) is 0.819. The Morgan fingerprint density at radius 3 is 2.17 bits per heavy atom. The maximum absolute atomic E-state index is 12.5. The van der Waals surface area contributed by atoms with Crippen LogP contribution in [0.5, 0.6) is 0 Å². The van der Waals surface area contributed by atoms with E-state index >= 15 is 0 Å². The predicted octanol–water partition coefficient (Wildman–Crippen LogP) is 0.649. The molecule has 18 heavy (non-hydrogen) atoms. The average Bonchev–Trinajstić information content (AvgIpc) is 2.85. The number of piperazine rings is 1. The zero-order valence-corrected chi connectivity index (χ0v) is 12.3. The molecule has 5 nitrogen and oxygen atoms in total. The van der Waals surface area contributed by atoms with Crippen molar-refractivity contribution in [3.63, 3.8) is 0 Å². The summed E-state index contributed by atoms with van der Waals surface area (Å²) in [6.07, 6.45) is 3.14. The molecule has 0 spiro atoms. The monoisotopic (exact) mass is 275 g/mol. The maximum atomic E-state index is 12.5. The number of nitrogens with zero attached hydrogens (tertiary/aromatic N) is 2. The Labute approximate surface area is 111 Å². The van der Waals surface area contributed by atoms with Gasteiger partial charge in [0.25, 0.3) is 10.2 Å². The van der Waals surface area contributed by atoms with Crippen LogP contribution in [0.25, 0.3) is 0 Å². The normalized spacial score (nSPS) is 26.6. The van der Waals surface area contributed by atoms with Crippen LogP contribution < -0.4 is 5.32 Å². The molecule has 0 aromatic heterocycles. The van der Waals surface area contributed by atoms with Gasteiger partial charge in [0.2, 0.25) is 0 Å². The van der Waals surface area contributed by atoms with Crippen LogP contribution in [0.4, 0.5) is 0 Å². The Kier molecular flexibility index (Phi) is 4.31. The third kappa shape index (κ3) is 2.57. The molecule has 0 aromatic carbocycles. The molecule has 106 valence electrons. The van der Waals surface area contributed by atoms with Crippen LogP contribution >= 0.6 is 0 Å². The van der Waals surface area contributed by atoms with Crippen LogP contribution in [-0.2, 0) is 10.2 Å². The van der Waals surface area contributed by atoms with Gasteiger partial charge in [-0.05, 0) is 24.7 Å². The van der Waals surface area contributed by atoms with Crippen molar-refractivity contribution < 1.29 is 8.42 Å². The van der Waals surface area contributed by atoms with Crippen LogP contribution in [0.2, 0.25) is 0 Å². The Bertz CT molecular complexity index is 373. The lowest BCUT2D eigenvalue weighted by Crippen LogP contribution is -2.51. The Morgan fingerprint density at radius 2 is 1.67 bits per heavy atom. The van der Waals surface area contributed by atoms with Gasteiger partial charge >= 0.3 is 0 Å². The first-order chi connectivity index (χ1) is 8.54. The van der Waals surface area contributed by atoms with Crippen molar-refractivity contribution in [3.05, 3.63) is 0 Å². The maximum Gasteiger partial charge on any atom is 0.282 e. The summed E-state index contributed by atoms with van der Waals surface area (Å²) in [6, 6.07) is 0. The van der Waals surface area contributed by atoms with E-state index < -0.39 is 10.2 Å². The van der Waals surface area contributed by atoms with Gasteiger partial charge in [0.15, 0.2) is 0 Å². The summed E-state index contributed by atoms with van der Waals surface area (Å²) < 4.78 is 28.4. The summed E-state index contributed by atoms with van der Waals surface area (Å²) in [5.41, 5.74) is 0.209. The smallest absolute Gasteiger partial charge is 0.282 e. The van der Waals surface area contributed by atoms with E-state index in [0.717, 1.165) is 32.4 Å². The van der Waals surface area contributed by atoms with E-state index in [0.29, 0.717) is 26.2 Å². The number of rotatable bonds is 4. The van der Waals surface area contributed by atoms with E-state index in [1.54, 1.807) is 8.61 Å². The van der Waals surface area contributed by atoms with E-state index in [1.807, 2.05) is 0 Å². The minimum atomic E-state index is -3.23. The van der Waals surface area contributed by atoms with Gasteiger partial charge in [-0.3, -0.25) is 0 Å². The fourth-order valence-corrected chi connectivity index (χ4v) is 4.69. The van der Waals surface area contributed by atoms with Crippen LogP contribution in [0.1, 0.15) is 33.1 Å². The molecule has 2 rings (SSSR count). The average molecular weight is 275 g/mol. The van der Waals surface area contributed by atoms with Crippen molar-refractivity contribution in [2.75, 3.05) is 39.3 Å². The third-order valence-corrected chi connectivity index (χ3v) is 6.61. The zero-order chi connectivity index (χ0) is 13.2. The SMILES string of the molecule is CCC1(CC)CCN(S(=O)(=O)N2CCNCC2)C1. The topological polar surface area (TPSA) is 52.7 Å². The molecule has 0 aliphatic carbocycles. The standard InChI is InChI=1S/C12H25N3O2S/c1-3-12(4-2)5-8-15(11-12)18(16,17)14-9-6-13-7-10-14/h13H,3-11H2,1-2H3. The molecule has 2 fully saturated rings. The van der Waals surface area contributed by atoms with E-state index in [2.05, 4.69) is 19.2 Å². The highest BCUT2D eigenvalue weighted by Gasteiger charge is 2.42. The molecule has 2 heterocycles. The highest BCUT2D eigenvalue weighted by atomic mass is 32.2. The van der Waals surface area contributed by atoms with E-state index in [9.17, 15) is 8.42 Å². The lowest BCUT2D eigenvalue weighted by atomic mass is 9.82. The van der Waals surface area contributed by atoms with Crippen molar-refractivity contribution in [2.24, 2.45) is 5.41 Å². The predicted molar refractivity (Wildman–Crippen MR) is 72.6 cm³/mol. The number of nitrogens with one attached hydrogen (secondary N) is 1. The molecule has 2 aliphatic heterocycles. The van der Waals surface area contributed by atoms with Gasteiger partial charge < -0.3 is 5.32 Å². The molecular weight excluding hydrogens is 250 g/mol. The Morgan fingerprint density at radius 1 is 1.06 bits per heavy atom. The minimum Gasteiger partial charge on any atom is -0.314 e. The summed E-state index contributed by atoms with van der Waals surface area (Å²) in [4.78, 5) is 0. The highest BCUT2D eigenvalue weighted by molar-refractivity contribution is 7.86. The van der Waals surface area contributed by atoms with Gasteiger partial charge in [0.1, 0.15) is 0 Å². The van der Waals surface area contributed by atoms with E-state index in [1.165, 1.54) is 0 Å². The van der Waals surface area contributed by atoms with Crippen LogP contribution in [-0.4, -0.2) is 56.3 Å². The van der Waals surface area contributed by atoms with Crippen molar-refractivity contribution >= 4 is 10.2 Å². The molecule has 1 N–H and O–H groups in total. The molecule has 2 aliphatic rings. The second-order valence-electron chi connectivity index (χ2n) is 5.45. The van der Waals surface area contributed by atoms with Gasteiger partial charge in [-0.25, -0.2) is 0 Å². The van der Waals surface area contributed by atoms with Gasteiger partial charge in [-0.1, -0.05) is 13.8 Å². The second kappa shape index (κ2) is 5.45. The van der Waals surface area contributed by atoms with Gasteiger partial charge in [-0.15, -0.1) is 0 Å². The first kappa shape index (κ1) is 14.2. The summed E-state index contributed by atoms with van der Waals surface area (Å²) in [6.45, 7) is 8.46. The molecule has 0 amide bonds. The summed E-state index contributed by atoms with van der Waals surface area (Å²) >= 11 is 0. The highest BCUT2D eigenvalue weighted by Crippen LogP contribution is 2.38. The summed E-state index contributed by atoms with van der Waals surface area (Å²) in [7, 11) is -3.23. The summed E-state index contributed by atoms with van der Waals surface area (Å²) in [5.74, 6) is 0. The van der Waals surface area contributed by atoms with Gasteiger partial charge in [0, 0.05) is 39.3 Å². The molecule has 0 unspecified atom stereocenters. The molecule has 2 saturated heterocycles. The fourth-order valence-electron chi connectivity index (χ4n) is 2.96. The van der Waals surface area contributed by atoms with Crippen molar-refractivity contribution in [1.29, 1.82) is 0 Å². The van der Waals surface area contributed by atoms with E-state index in [4.69, 9.17) is 0 Å². The lowest BCUT2D eigenvalue weighted by molar-refractivity contribution is 0.269. The van der Waals surface area contributed by atoms with Crippen LogP contribution in [0.3, 0.4) is 0 Å². The number of hydrogen-bond acceptors (Lipinski definition) is 3. The largest absolute Gasteiger partial charge is 0.314 e. The van der Waals surface area contributed by atoms with Crippen LogP contribution in [0, 0.1) is 5.41 Å². The van der Waals surface area contributed by atoms with Gasteiger partial charge in [0.05, 0.1) is 0 Å². The first-order valence-corrected chi connectivity index (χ1v) is 8.40. The second-order valence-corrected chi connectivity index (χ2v) is 7.38. The van der Waals surface area contributed by atoms with Gasteiger partial charge in [-0.2, -0.15) is 17.0 Å². The number of hydrogen-bond donors (Lipinski definition) is 1. The molecule has 0 bridgehead atoms. The molecule has 0 atom stereocenters. The Balaban J connectivity index is 2.07. The van der Waals surface area contributed by atoms with E-state index in [-0.39, 0.29) is 5.41 Å². The minimum absolute atomic E-state index is 0.209. The fraction of sp³-hybridized carbons (Fsp3) is 1.00. The zero-order valence-electron chi connectivity index (χ0n) is 11.5. The lowest BCUT2D eigenvalue weighted by Gasteiger charge is -2.32. The van der Waals surface area contributed by atoms with Crippen LogP contribution in [0.15, 0.2) is 0 Å². The molecular formula is C12H25N3O2S.